The van der Waals surface area contributed by atoms with Crippen LogP contribution >= 0.6 is 34.0 Å². The summed E-state index contributed by atoms with van der Waals surface area (Å²) >= 11 is 5.01. The predicted octanol–water partition coefficient (Wildman–Crippen LogP) is 10.4. The Kier molecular flexibility index (Phi) is 5.97. The molecule has 9 aromatic rings. The van der Waals surface area contributed by atoms with Crippen LogP contribution in [0, 0.1) is 0 Å². The van der Waals surface area contributed by atoms with Crippen molar-refractivity contribution in [2.24, 2.45) is 0 Å². The lowest BCUT2D eigenvalue weighted by molar-refractivity contribution is 1.18. The molecule has 44 heavy (non-hydrogen) atoms. The molecule has 4 aromatic carbocycles. The minimum atomic E-state index is 0.925. The van der Waals surface area contributed by atoms with Gasteiger partial charge in [0.25, 0.3) is 0 Å². The molecule has 5 aromatic heterocycles. The third-order valence-corrected chi connectivity index (χ3v) is 10.6. The van der Waals surface area contributed by atoms with E-state index in [1.807, 2.05) is 35.4 Å². The van der Waals surface area contributed by atoms with E-state index in [9.17, 15) is 0 Å². The summed E-state index contributed by atoms with van der Waals surface area (Å²) < 4.78 is 3.55. The standard InChI is InChI=1S/C36H21N5S3/c1-2-7-33-30(6-1)40-36(44-33)24-8-11-27-28-19-23(34-37-14-16-42-34)10-13-31(28)41(32(27)20-24)26-5-3-4-22(18-26)29-12-9-25(21-39-29)35-38-15-17-43-35/h1-21H. The quantitative estimate of drug-likeness (QED) is 0.192. The molecule has 0 aliphatic carbocycles. The van der Waals surface area contributed by atoms with Crippen molar-refractivity contribution in [3.05, 3.63) is 126 Å². The van der Waals surface area contributed by atoms with Gasteiger partial charge in [0.1, 0.15) is 15.0 Å². The smallest absolute Gasteiger partial charge is 0.124 e. The molecule has 5 heterocycles. The van der Waals surface area contributed by atoms with Crippen molar-refractivity contribution in [2.75, 3.05) is 0 Å². The molecule has 0 unspecified atom stereocenters. The molecule has 0 fully saturated rings. The maximum absolute atomic E-state index is 4.96. The van der Waals surface area contributed by atoms with Crippen molar-refractivity contribution in [3.8, 4) is 48.7 Å². The van der Waals surface area contributed by atoms with Gasteiger partial charge >= 0.3 is 0 Å². The van der Waals surface area contributed by atoms with E-state index < -0.39 is 0 Å². The molecule has 208 valence electrons. The van der Waals surface area contributed by atoms with E-state index >= 15 is 0 Å². The van der Waals surface area contributed by atoms with Gasteiger partial charge in [0.05, 0.1) is 26.9 Å². The number of hydrogen-bond donors (Lipinski definition) is 0. The summed E-state index contributed by atoms with van der Waals surface area (Å²) in [7, 11) is 0. The number of nitrogens with zero attached hydrogens (tertiary/aromatic N) is 5. The van der Waals surface area contributed by atoms with Crippen molar-refractivity contribution in [3.63, 3.8) is 0 Å². The Morgan fingerprint density at radius 3 is 2.14 bits per heavy atom. The summed E-state index contributed by atoms with van der Waals surface area (Å²) in [5.74, 6) is 0. The predicted molar refractivity (Wildman–Crippen MR) is 185 cm³/mol. The first kappa shape index (κ1) is 25.5. The Balaban J connectivity index is 1.23. The summed E-state index contributed by atoms with van der Waals surface area (Å²) in [6.07, 6.45) is 5.59. The van der Waals surface area contributed by atoms with Crippen LogP contribution in [0.3, 0.4) is 0 Å². The van der Waals surface area contributed by atoms with E-state index in [1.165, 1.54) is 15.5 Å². The molecule has 5 nitrogen and oxygen atoms in total. The van der Waals surface area contributed by atoms with E-state index in [0.29, 0.717) is 0 Å². The molecule has 0 atom stereocenters. The largest absolute Gasteiger partial charge is 0.309 e. The Morgan fingerprint density at radius 1 is 0.545 bits per heavy atom. The highest BCUT2D eigenvalue weighted by Crippen LogP contribution is 2.39. The summed E-state index contributed by atoms with van der Waals surface area (Å²) in [6.45, 7) is 0. The fourth-order valence-electron chi connectivity index (χ4n) is 5.79. The van der Waals surface area contributed by atoms with Gasteiger partial charge < -0.3 is 4.57 Å². The van der Waals surface area contributed by atoms with E-state index in [1.54, 1.807) is 34.0 Å². The summed E-state index contributed by atoms with van der Waals surface area (Å²) in [4.78, 5) is 18.8. The van der Waals surface area contributed by atoms with Gasteiger partial charge in [-0.1, -0.05) is 36.4 Å². The molecule has 9 rings (SSSR count). The zero-order valence-corrected chi connectivity index (χ0v) is 25.5. The van der Waals surface area contributed by atoms with Crippen molar-refractivity contribution >= 4 is 66.0 Å². The number of benzene rings is 4. The molecular formula is C36H21N5S3. The second-order valence-electron chi connectivity index (χ2n) is 10.4. The highest BCUT2D eigenvalue weighted by molar-refractivity contribution is 7.21. The average Bonchev–Trinajstić information content (AvgIpc) is 3.90. The van der Waals surface area contributed by atoms with Crippen molar-refractivity contribution in [1.29, 1.82) is 0 Å². The first-order chi connectivity index (χ1) is 21.8. The number of pyridine rings is 1. The van der Waals surface area contributed by atoms with Crippen molar-refractivity contribution in [2.45, 2.75) is 0 Å². The Labute approximate surface area is 264 Å². The van der Waals surface area contributed by atoms with Crippen molar-refractivity contribution in [1.82, 2.24) is 24.5 Å². The number of para-hydroxylation sites is 1. The fraction of sp³-hybridized carbons (Fsp3) is 0. The minimum absolute atomic E-state index is 0.925. The molecule has 0 aliphatic heterocycles. The van der Waals surface area contributed by atoms with Gasteiger partial charge in [0.2, 0.25) is 0 Å². The number of fused-ring (bicyclic) bond motifs is 4. The first-order valence-corrected chi connectivity index (χ1v) is 16.7. The number of hydrogen-bond acceptors (Lipinski definition) is 7. The van der Waals surface area contributed by atoms with Gasteiger partial charge in [0, 0.05) is 68.1 Å². The molecule has 0 spiro atoms. The second kappa shape index (κ2) is 10.3. The van der Waals surface area contributed by atoms with Gasteiger partial charge in [-0.15, -0.1) is 34.0 Å². The molecule has 0 amide bonds. The summed E-state index contributed by atoms with van der Waals surface area (Å²) in [5, 5.41) is 9.42. The highest BCUT2D eigenvalue weighted by atomic mass is 32.1. The van der Waals surface area contributed by atoms with Crippen LogP contribution in [-0.4, -0.2) is 24.5 Å². The van der Waals surface area contributed by atoms with Crippen LogP contribution in [0.1, 0.15) is 0 Å². The normalized spacial score (nSPS) is 11.6. The van der Waals surface area contributed by atoms with Gasteiger partial charge in [-0.05, 0) is 60.7 Å². The van der Waals surface area contributed by atoms with Crippen LogP contribution in [-0.2, 0) is 0 Å². The van der Waals surface area contributed by atoms with Crippen LogP contribution in [0.15, 0.2) is 126 Å². The van der Waals surface area contributed by atoms with Crippen LogP contribution in [0.5, 0.6) is 0 Å². The molecule has 8 heteroatoms. The number of aromatic nitrogens is 5. The molecule has 0 N–H and O–H groups in total. The number of thiazole rings is 3. The maximum atomic E-state index is 4.96. The monoisotopic (exact) mass is 619 g/mol. The third kappa shape index (κ3) is 4.26. The van der Waals surface area contributed by atoms with E-state index in [0.717, 1.165) is 65.2 Å². The van der Waals surface area contributed by atoms with Crippen LogP contribution in [0.25, 0.3) is 80.7 Å². The lowest BCUT2D eigenvalue weighted by Crippen LogP contribution is -1.95. The minimum Gasteiger partial charge on any atom is -0.309 e. The third-order valence-electron chi connectivity index (χ3n) is 7.83. The topological polar surface area (TPSA) is 56.5 Å². The van der Waals surface area contributed by atoms with Crippen LogP contribution in [0.2, 0.25) is 0 Å². The van der Waals surface area contributed by atoms with E-state index in [2.05, 4.69) is 106 Å². The summed E-state index contributed by atoms with van der Waals surface area (Å²) in [6, 6.07) is 34.5. The maximum Gasteiger partial charge on any atom is 0.124 e. The highest BCUT2D eigenvalue weighted by Gasteiger charge is 2.17. The van der Waals surface area contributed by atoms with Gasteiger partial charge in [0.15, 0.2) is 0 Å². The average molecular weight is 620 g/mol. The van der Waals surface area contributed by atoms with Gasteiger partial charge in [-0.3, -0.25) is 4.98 Å². The van der Waals surface area contributed by atoms with E-state index in [-0.39, 0.29) is 0 Å². The molecule has 0 bridgehead atoms. The van der Waals surface area contributed by atoms with Gasteiger partial charge in [-0.25, -0.2) is 15.0 Å². The second-order valence-corrected chi connectivity index (χ2v) is 13.3. The Morgan fingerprint density at radius 2 is 1.34 bits per heavy atom. The Bertz CT molecular complexity index is 2400. The molecule has 0 radical (unpaired) electrons. The molecule has 0 aliphatic rings. The lowest BCUT2D eigenvalue weighted by Gasteiger charge is -2.11. The Hall–Kier alpha value is -5.02. The molecule has 0 saturated heterocycles. The SMILES string of the molecule is c1cc(-c2ccc(-c3nccs3)cn2)cc(-n2c3ccc(-c4nccs4)cc3c3ccc(-c4nc5ccccc5s4)cc32)c1. The van der Waals surface area contributed by atoms with Gasteiger partial charge in [-0.2, -0.15) is 0 Å². The van der Waals surface area contributed by atoms with E-state index in [4.69, 9.17) is 9.97 Å². The molecular weight excluding hydrogens is 599 g/mol. The first-order valence-electron chi connectivity index (χ1n) is 14.1. The lowest BCUT2D eigenvalue weighted by atomic mass is 10.1. The zero-order valence-electron chi connectivity index (χ0n) is 23.1. The van der Waals surface area contributed by atoms with Crippen LogP contribution in [0.4, 0.5) is 0 Å². The number of rotatable bonds is 5. The zero-order chi connectivity index (χ0) is 29.0. The molecule has 0 saturated carbocycles. The fourth-order valence-corrected chi connectivity index (χ4v) is 8.01. The van der Waals surface area contributed by atoms with Crippen molar-refractivity contribution < 1.29 is 0 Å². The summed E-state index contributed by atoms with van der Waals surface area (Å²) in [5.41, 5.74) is 9.64. The van der Waals surface area contributed by atoms with Crippen LogP contribution < -0.4 is 0 Å².